The summed E-state index contributed by atoms with van der Waals surface area (Å²) in [4.78, 5) is 11.5. The fourth-order valence-electron chi connectivity index (χ4n) is 1.73. The van der Waals surface area contributed by atoms with Gasteiger partial charge in [0.1, 0.15) is 0 Å². The number of aryl methyl sites for hydroxylation is 2. The number of esters is 1. The van der Waals surface area contributed by atoms with E-state index in [2.05, 4.69) is 8.92 Å². The van der Waals surface area contributed by atoms with Gasteiger partial charge in [0.25, 0.3) is 11.0 Å². The largest absolute Gasteiger partial charge is 0.434 e. The van der Waals surface area contributed by atoms with Crippen LogP contribution in [0.4, 0.5) is 13.2 Å². The Kier molecular flexibility index (Phi) is 5.12. The lowest BCUT2D eigenvalue weighted by molar-refractivity contribution is -0.138. The van der Waals surface area contributed by atoms with Gasteiger partial charge in [-0.1, -0.05) is 0 Å². The molecule has 0 fully saturated rings. The second-order valence-electron chi connectivity index (χ2n) is 3.89. The Bertz CT molecular complexity index is 561. The van der Waals surface area contributed by atoms with Crippen molar-refractivity contribution in [3.05, 3.63) is 34.4 Å². The lowest BCUT2D eigenvalue weighted by Gasteiger charge is -2.14. The maximum atomic E-state index is 12.7. The highest BCUT2D eigenvalue weighted by Gasteiger charge is 2.34. The topological polar surface area (TPSA) is 69.7 Å². The maximum Gasteiger partial charge on any atom is 0.416 e. The van der Waals surface area contributed by atoms with E-state index in [1.807, 2.05) is 0 Å². The summed E-state index contributed by atoms with van der Waals surface area (Å²) in [6, 6.07) is 2.05. The minimum Gasteiger partial charge on any atom is -0.434 e. The number of carbonyl (C=O) groups is 1. The van der Waals surface area contributed by atoms with Crippen LogP contribution >= 0.6 is 0 Å². The molecule has 20 heavy (non-hydrogen) atoms. The smallest absolute Gasteiger partial charge is 0.416 e. The van der Waals surface area contributed by atoms with Crippen LogP contribution in [-0.2, 0) is 26.1 Å². The van der Waals surface area contributed by atoms with Gasteiger partial charge in [-0.15, -0.1) is 0 Å². The predicted molar refractivity (Wildman–Crippen MR) is 62.6 cm³/mol. The molecule has 0 aromatic heterocycles. The molecule has 5 nitrogen and oxygen atoms in total. The Morgan fingerprint density at radius 3 is 2.10 bits per heavy atom. The number of carbonyl (C=O) groups excluding carboxylic acids is 1. The van der Waals surface area contributed by atoms with Crippen LogP contribution in [0.3, 0.4) is 0 Å². The van der Waals surface area contributed by atoms with Gasteiger partial charge < -0.3 is 4.74 Å². The third kappa shape index (κ3) is 4.20. The lowest BCUT2D eigenvalue weighted by atomic mass is 9.99. The number of thiol groups is 1. The summed E-state index contributed by atoms with van der Waals surface area (Å²) in [6.07, 6.45) is -4.51. The Labute approximate surface area is 114 Å². The Morgan fingerprint density at radius 1 is 1.20 bits per heavy atom. The minimum absolute atomic E-state index is 0.113. The number of hydrogen-bond donors (Lipinski definition) is 1. The normalized spacial score (nSPS) is 11.7. The fourth-order valence-corrected chi connectivity index (χ4v) is 1.87. The second-order valence-corrected chi connectivity index (χ2v) is 4.59. The second kappa shape index (κ2) is 6.23. The molecule has 0 atom stereocenters. The highest BCUT2D eigenvalue weighted by Crippen LogP contribution is 2.34. The van der Waals surface area contributed by atoms with E-state index >= 15 is 0 Å². The SMILES string of the molecule is Cc1cc(C(=O)OCO[SH](=O)=O)cc(C)c1C(F)(F)F. The van der Waals surface area contributed by atoms with Crippen molar-refractivity contribution in [1.29, 1.82) is 0 Å². The molecule has 0 amide bonds. The third-order valence-electron chi connectivity index (χ3n) is 2.40. The summed E-state index contributed by atoms with van der Waals surface area (Å²) in [6.45, 7) is 1.62. The van der Waals surface area contributed by atoms with Crippen molar-refractivity contribution in [1.82, 2.24) is 0 Å². The first-order chi connectivity index (χ1) is 9.12. The zero-order chi connectivity index (χ0) is 15.5. The van der Waals surface area contributed by atoms with E-state index < -0.39 is 35.5 Å². The summed E-state index contributed by atoms with van der Waals surface area (Å²) >= 11 is 0. The summed E-state index contributed by atoms with van der Waals surface area (Å²) in [5.74, 6) is -0.971. The number of alkyl halides is 3. The van der Waals surface area contributed by atoms with Crippen LogP contribution in [-0.4, -0.2) is 21.2 Å². The van der Waals surface area contributed by atoms with E-state index in [9.17, 15) is 26.4 Å². The average molecular weight is 312 g/mol. The zero-order valence-corrected chi connectivity index (χ0v) is 11.4. The van der Waals surface area contributed by atoms with Crippen LogP contribution in [0.15, 0.2) is 12.1 Å². The zero-order valence-electron chi connectivity index (χ0n) is 10.5. The van der Waals surface area contributed by atoms with Gasteiger partial charge >= 0.3 is 12.1 Å². The van der Waals surface area contributed by atoms with Gasteiger partial charge in [-0.25, -0.2) is 17.4 Å². The first-order valence-electron chi connectivity index (χ1n) is 5.25. The predicted octanol–water partition coefficient (Wildman–Crippen LogP) is 1.98. The van der Waals surface area contributed by atoms with Crippen molar-refractivity contribution in [2.75, 3.05) is 6.79 Å². The average Bonchev–Trinajstić information content (AvgIpc) is 2.25. The van der Waals surface area contributed by atoms with Gasteiger partial charge in [0.15, 0.2) is 0 Å². The summed E-state index contributed by atoms with van der Waals surface area (Å²) < 4.78 is 66.8. The monoisotopic (exact) mass is 312 g/mol. The number of benzene rings is 1. The van der Waals surface area contributed by atoms with Crippen LogP contribution in [0, 0.1) is 13.8 Å². The van der Waals surface area contributed by atoms with Gasteiger partial charge in [-0.2, -0.15) is 13.2 Å². The quantitative estimate of drug-likeness (QED) is 0.523. The molecule has 9 heteroatoms. The first kappa shape index (κ1) is 16.4. The van der Waals surface area contributed by atoms with E-state index in [0.29, 0.717) is 0 Å². The van der Waals surface area contributed by atoms with Gasteiger partial charge in [0.2, 0.25) is 6.79 Å². The highest BCUT2D eigenvalue weighted by atomic mass is 32.2. The van der Waals surface area contributed by atoms with Gasteiger partial charge in [-0.05, 0) is 37.1 Å². The number of ether oxygens (including phenoxy) is 1. The molecule has 1 aromatic rings. The molecule has 0 saturated heterocycles. The van der Waals surface area contributed by atoms with Crippen LogP contribution in [0.25, 0.3) is 0 Å². The van der Waals surface area contributed by atoms with Gasteiger partial charge in [0, 0.05) is 0 Å². The molecular formula is C11H11F3O5S. The van der Waals surface area contributed by atoms with Crippen molar-refractivity contribution >= 4 is 17.0 Å². The van der Waals surface area contributed by atoms with Crippen LogP contribution in [0.1, 0.15) is 27.0 Å². The standard InChI is InChI=1S/C11H11F3O5S/c1-6-3-8(10(15)18-5-19-20(16)17)4-7(2)9(6)11(12,13)14/h3-4,20H,5H2,1-2H3. The van der Waals surface area contributed by atoms with E-state index in [1.54, 1.807) is 0 Å². The Hall–Kier alpha value is -1.61. The molecular weight excluding hydrogens is 301 g/mol. The molecule has 0 radical (unpaired) electrons. The third-order valence-corrected chi connectivity index (χ3v) is 2.72. The van der Waals surface area contributed by atoms with Crippen molar-refractivity contribution in [2.45, 2.75) is 20.0 Å². The van der Waals surface area contributed by atoms with E-state index in [-0.39, 0.29) is 16.7 Å². The van der Waals surface area contributed by atoms with E-state index in [0.717, 1.165) is 12.1 Å². The van der Waals surface area contributed by atoms with E-state index in [4.69, 9.17) is 0 Å². The first-order valence-corrected chi connectivity index (χ1v) is 6.35. The highest BCUT2D eigenvalue weighted by molar-refractivity contribution is 7.67. The molecule has 0 aliphatic rings. The van der Waals surface area contributed by atoms with E-state index in [1.165, 1.54) is 13.8 Å². The molecule has 0 spiro atoms. The number of hydrogen-bond acceptors (Lipinski definition) is 5. The van der Waals surface area contributed by atoms with Crippen molar-refractivity contribution < 1.29 is 35.3 Å². The Morgan fingerprint density at radius 2 is 1.70 bits per heavy atom. The molecule has 1 rings (SSSR count). The molecule has 0 bridgehead atoms. The maximum absolute atomic E-state index is 12.7. The summed E-state index contributed by atoms with van der Waals surface area (Å²) in [5.41, 5.74) is -1.17. The molecule has 0 heterocycles. The van der Waals surface area contributed by atoms with Crippen molar-refractivity contribution in [2.24, 2.45) is 0 Å². The molecule has 0 N–H and O–H groups in total. The molecule has 0 aliphatic heterocycles. The summed E-state index contributed by atoms with van der Waals surface area (Å²) in [7, 11) is -3.16. The van der Waals surface area contributed by atoms with Crippen LogP contribution in [0.2, 0.25) is 0 Å². The summed E-state index contributed by atoms with van der Waals surface area (Å²) in [5, 5.41) is 0. The van der Waals surface area contributed by atoms with Gasteiger partial charge in [-0.3, -0.25) is 0 Å². The molecule has 112 valence electrons. The molecule has 0 unspecified atom stereocenters. The minimum atomic E-state index is -4.51. The van der Waals surface area contributed by atoms with Crippen molar-refractivity contribution in [3.8, 4) is 0 Å². The molecule has 1 aromatic carbocycles. The molecule has 0 aliphatic carbocycles. The van der Waals surface area contributed by atoms with Crippen LogP contribution < -0.4 is 0 Å². The lowest BCUT2D eigenvalue weighted by Crippen LogP contribution is -2.13. The fraction of sp³-hybridized carbons (Fsp3) is 0.364. The number of rotatable bonds is 4. The van der Waals surface area contributed by atoms with Crippen molar-refractivity contribution in [3.63, 3.8) is 0 Å². The number of halogens is 3. The molecule has 0 saturated carbocycles. The Balaban J connectivity index is 2.96. The van der Waals surface area contributed by atoms with Crippen LogP contribution in [0.5, 0.6) is 0 Å². The van der Waals surface area contributed by atoms with Gasteiger partial charge in [0.05, 0.1) is 11.1 Å².